The van der Waals surface area contributed by atoms with Gasteiger partial charge in [-0.2, -0.15) is 0 Å². The molecule has 0 aliphatic heterocycles. The van der Waals surface area contributed by atoms with Gasteiger partial charge in [-0.1, -0.05) is 11.6 Å². The van der Waals surface area contributed by atoms with Crippen LogP contribution >= 0.6 is 27.5 Å². The molecule has 0 aliphatic rings. The molecule has 0 saturated carbocycles. The first-order valence-electron chi connectivity index (χ1n) is 4.05. The summed E-state index contributed by atoms with van der Waals surface area (Å²) in [6.45, 7) is 1.54. The van der Waals surface area contributed by atoms with Crippen molar-refractivity contribution in [2.45, 2.75) is 19.1 Å². The Kier molecular flexibility index (Phi) is 3.78. The standard InChI is InChI=1S/C9H11BrClNO2/c1-4(13)8(12)7-6(11)3-2-5(10)9(7)14/h2-4,8,13-14H,12H2,1H3. The molecule has 1 aromatic carbocycles. The molecule has 0 fully saturated rings. The topological polar surface area (TPSA) is 66.5 Å². The predicted octanol–water partition coefficient (Wildman–Crippen LogP) is 2.19. The van der Waals surface area contributed by atoms with Crippen LogP contribution in [-0.4, -0.2) is 16.3 Å². The molecule has 4 N–H and O–H groups in total. The van der Waals surface area contributed by atoms with Crippen LogP contribution in [0.5, 0.6) is 5.75 Å². The number of halogens is 2. The molecule has 0 bridgehead atoms. The minimum Gasteiger partial charge on any atom is -0.506 e. The zero-order valence-corrected chi connectivity index (χ0v) is 9.88. The number of rotatable bonds is 2. The fraction of sp³-hybridized carbons (Fsp3) is 0.333. The van der Waals surface area contributed by atoms with Crippen LogP contribution in [-0.2, 0) is 0 Å². The number of hydrogen-bond donors (Lipinski definition) is 3. The van der Waals surface area contributed by atoms with Gasteiger partial charge < -0.3 is 15.9 Å². The van der Waals surface area contributed by atoms with Gasteiger partial charge in [-0.05, 0) is 35.0 Å². The minimum atomic E-state index is -0.771. The molecule has 14 heavy (non-hydrogen) atoms. The summed E-state index contributed by atoms with van der Waals surface area (Å²) >= 11 is 9.02. The summed E-state index contributed by atoms with van der Waals surface area (Å²) in [5.41, 5.74) is 6.05. The van der Waals surface area contributed by atoms with Gasteiger partial charge in [0.05, 0.1) is 16.6 Å². The molecular formula is C9H11BrClNO2. The molecule has 0 aliphatic carbocycles. The lowest BCUT2D eigenvalue weighted by atomic mass is 10.0. The molecule has 0 amide bonds. The first kappa shape index (κ1) is 11.8. The maximum atomic E-state index is 9.68. The second kappa shape index (κ2) is 4.49. The van der Waals surface area contributed by atoms with Crippen molar-refractivity contribution < 1.29 is 10.2 Å². The summed E-state index contributed by atoms with van der Waals surface area (Å²) in [7, 11) is 0. The second-order valence-corrected chi connectivity index (χ2v) is 4.32. The number of aliphatic hydroxyl groups is 1. The lowest BCUT2D eigenvalue weighted by Gasteiger charge is -2.18. The fourth-order valence-electron chi connectivity index (χ4n) is 1.12. The molecule has 1 aromatic rings. The highest BCUT2D eigenvalue weighted by Gasteiger charge is 2.20. The van der Waals surface area contributed by atoms with Crippen LogP contribution in [0.1, 0.15) is 18.5 Å². The molecule has 1 rings (SSSR count). The molecule has 0 saturated heterocycles. The average Bonchev–Trinajstić information content (AvgIpc) is 2.12. The number of nitrogens with two attached hydrogens (primary N) is 1. The third-order valence-corrected chi connectivity index (χ3v) is 2.94. The summed E-state index contributed by atoms with van der Waals surface area (Å²) in [6.07, 6.45) is -0.771. The number of phenols is 1. The van der Waals surface area contributed by atoms with Crippen molar-refractivity contribution in [3.05, 3.63) is 27.2 Å². The summed E-state index contributed by atoms with van der Waals surface area (Å²) in [5, 5.41) is 19.3. The Morgan fingerprint density at radius 1 is 1.50 bits per heavy atom. The average molecular weight is 281 g/mol. The van der Waals surface area contributed by atoms with Gasteiger partial charge in [0.25, 0.3) is 0 Å². The highest BCUT2D eigenvalue weighted by Crippen LogP contribution is 2.37. The van der Waals surface area contributed by atoms with E-state index in [0.29, 0.717) is 15.1 Å². The van der Waals surface area contributed by atoms with Crippen molar-refractivity contribution in [1.82, 2.24) is 0 Å². The van der Waals surface area contributed by atoms with Crippen LogP contribution in [0.4, 0.5) is 0 Å². The van der Waals surface area contributed by atoms with Gasteiger partial charge in [0.1, 0.15) is 5.75 Å². The Morgan fingerprint density at radius 3 is 2.57 bits per heavy atom. The molecule has 5 heteroatoms. The van der Waals surface area contributed by atoms with E-state index in [0.717, 1.165) is 0 Å². The van der Waals surface area contributed by atoms with E-state index < -0.39 is 12.1 Å². The summed E-state index contributed by atoms with van der Waals surface area (Å²) in [6, 6.07) is 2.54. The first-order valence-corrected chi connectivity index (χ1v) is 5.22. The molecular weight excluding hydrogens is 269 g/mol. The zero-order valence-electron chi connectivity index (χ0n) is 7.54. The third kappa shape index (κ3) is 2.20. The first-order chi connectivity index (χ1) is 6.45. The Morgan fingerprint density at radius 2 is 2.07 bits per heavy atom. The lowest BCUT2D eigenvalue weighted by Crippen LogP contribution is -2.23. The summed E-state index contributed by atoms with van der Waals surface area (Å²) in [4.78, 5) is 0. The Hall–Kier alpha value is -0.290. The van der Waals surface area contributed by atoms with Crippen LogP contribution in [0.3, 0.4) is 0 Å². The lowest BCUT2D eigenvalue weighted by molar-refractivity contribution is 0.163. The SMILES string of the molecule is CC(O)C(N)c1c(Cl)ccc(Br)c1O. The quantitative estimate of drug-likeness (QED) is 0.778. The number of hydrogen-bond acceptors (Lipinski definition) is 3. The van der Waals surface area contributed by atoms with E-state index in [-0.39, 0.29) is 5.75 Å². The van der Waals surface area contributed by atoms with E-state index in [1.54, 1.807) is 19.1 Å². The Labute approximate surface area is 95.6 Å². The van der Waals surface area contributed by atoms with Gasteiger partial charge in [-0.15, -0.1) is 0 Å². The number of aromatic hydroxyl groups is 1. The maximum absolute atomic E-state index is 9.68. The van der Waals surface area contributed by atoms with Crippen LogP contribution in [0, 0.1) is 0 Å². The molecule has 2 atom stereocenters. The van der Waals surface area contributed by atoms with Crippen LogP contribution < -0.4 is 5.73 Å². The predicted molar refractivity (Wildman–Crippen MR) is 59.4 cm³/mol. The molecule has 0 heterocycles. The maximum Gasteiger partial charge on any atom is 0.136 e. The van der Waals surface area contributed by atoms with E-state index in [1.165, 1.54) is 0 Å². The van der Waals surface area contributed by atoms with Crippen LogP contribution in [0.25, 0.3) is 0 Å². The number of aliphatic hydroxyl groups excluding tert-OH is 1. The number of benzene rings is 1. The zero-order chi connectivity index (χ0) is 10.9. The molecule has 0 radical (unpaired) electrons. The molecule has 2 unspecified atom stereocenters. The summed E-state index contributed by atoms with van der Waals surface area (Å²) in [5.74, 6) is -0.0223. The van der Waals surface area contributed by atoms with Gasteiger partial charge in [0.15, 0.2) is 0 Å². The number of phenolic OH excluding ortho intramolecular Hbond substituents is 1. The molecule has 3 nitrogen and oxygen atoms in total. The van der Waals surface area contributed by atoms with E-state index >= 15 is 0 Å². The Balaban J connectivity index is 3.25. The van der Waals surface area contributed by atoms with Crippen molar-refractivity contribution in [2.75, 3.05) is 0 Å². The van der Waals surface area contributed by atoms with Crippen molar-refractivity contribution in [2.24, 2.45) is 5.73 Å². The van der Waals surface area contributed by atoms with Crippen molar-refractivity contribution >= 4 is 27.5 Å². The van der Waals surface area contributed by atoms with Gasteiger partial charge >= 0.3 is 0 Å². The highest BCUT2D eigenvalue weighted by atomic mass is 79.9. The van der Waals surface area contributed by atoms with Gasteiger partial charge in [0.2, 0.25) is 0 Å². The van der Waals surface area contributed by atoms with Crippen molar-refractivity contribution in [3.8, 4) is 5.75 Å². The van der Waals surface area contributed by atoms with Crippen LogP contribution in [0.2, 0.25) is 5.02 Å². The molecule has 0 aromatic heterocycles. The van der Waals surface area contributed by atoms with Gasteiger partial charge in [0, 0.05) is 10.6 Å². The highest BCUT2D eigenvalue weighted by molar-refractivity contribution is 9.10. The van der Waals surface area contributed by atoms with E-state index in [4.69, 9.17) is 17.3 Å². The Bertz CT molecular complexity index is 344. The third-order valence-electron chi connectivity index (χ3n) is 1.97. The summed E-state index contributed by atoms with van der Waals surface area (Å²) < 4.78 is 0.507. The van der Waals surface area contributed by atoms with Crippen molar-refractivity contribution in [1.29, 1.82) is 0 Å². The normalized spacial score (nSPS) is 15.2. The smallest absolute Gasteiger partial charge is 0.136 e. The largest absolute Gasteiger partial charge is 0.506 e. The fourth-order valence-corrected chi connectivity index (χ4v) is 1.74. The van der Waals surface area contributed by atoms with E-state index in [1.807, 2.05) is 0 Å². The van der Waals surface area contributed by atoms with Crippen molar-refractivity contribution in [3.63, 3.8) is 0 Å². The van der Waals surface area contributed by atoms with E-state index in [9.17, 15) is 10.2 Å². The van der Waals surface area contributed by atoms with Gasteiger partial charge in [-0.25, -0.2) is 0 Å². The molecule has 0 spiro atoms. The minimum absolute atomic E-state index is 0.0223. The van der Waals surface area contributed by atoms with Crippen LogP contribution in [0.15, 0.2) is 16.6 Å². The molecule has 78 valence electrons. The monoisotopic (exact) mass is 279 g/mol. The second-order valence-electron chi connectivity index (χ2n) is 3.06. The van der Waals surface area contributed by atoms with E-state index in [2.05, 4.69) is 15.9 Å². The van der Waals surface area contributed by atoms with Gasteiger partial charge in [-0.3, -0.25) is 0 Å².